The molecule has 0 aliphatic rings. The molecule has 0 radical (unpaired) electrons. The number of hydrogen-bond donors (Lipinski definition) is 1. The molecule has 4 rings (SSSR count). The van der Waals surface area contributed by atoms with Gasteiger partial charge in [0.05, 0.1) is 22.9 Å². The lowest BCUT2D eigenvalue weighted by Gasteiger charge is -2.09. The van der Waals surface area contributed by atoms with Crippen LogP contribution in [0.25, 0.3) is 22.5 Å². The van der Waals surface area contributed by atoms with Gasteiger partial charge in [-0.3, -0.25) is 4.79 Å². The van der Waals surface area contributed by atoms with Crippen molar-refractivity contribution in [3.63, 3.8) is 0 Å². The predicted molar refractivity (Wildman–Crippen MR) is 147 cm³/mol. The van der Waals surface area contributed by atoms with Gasteiger partial charge in [-0.25, -0.2) is 4.79 Å². The first kappa shape index (κ1) is 26.5. The summed E-state index contributed by atoms with van der Waals surface area (Å²) in [5.41, 5.74) is 2.51. The number of anilines is 1. The quantitative estimate of drug-likeness (QED) is 0.175. The third-order valence-electron chi connectivity index (χ3n) is 5.13. The number of thioether (sulfide) groups is 1. The minimum Gasteiger partial charge on any atom is -0.465 e. The van der Waals surface area contributed by atoms with Crippen molar-refractivity contribution in [1.82, 2.24) is 14.8 Å². The zero-order valence-electron chi connectivity index (χ0n) is 19.0. The van der Waals surface area contributed by atoms with Crippen LogP contribution in [0.3, 0.4) is 0 Å². The Morgan fingerprint density at radius 3 is 2.44 bits per heavy atom. The monoisotopic (exact) mass is 580 g/mol. The van der Waals surface area contributed by atoms with Crippen molar-refractivity contribution in [1.29, 1.82) is 0 Å². The Morgan fingerprint density at radius 2 is 1.78 bits per heavy atom. The van der Waals surface area contributed by atoms with Crippen LogP contribution in [0.5, 0.6) is 0 Å². The molecule has 4 aromatic rings. The van der Waals surface area contributed by atoms with Crippen molar-refractivity contribution < 1.29 is 14.3 Å². The zero-order chi connectivity index (χ0) is 25.8. The molecular formula is C24H19Cl3N4O3S2. The molecule has 12 heteroatoms. The van der Waals surface area contributed by atoms with Gasteiger partial charge in [-0.15, -0.1) is 21.5 Å². The maximum Gasteiger partial charge on any atom is 0.341 e. The number of nitrogens with zero attached hydrogens (tertiary/aromatic N) is 3. The first-order chi connectivity index (χ1) is 17.3. The number of ether oxygens (including phenoxy) is 1. The number of methoxy groups -OCH3 is 1. The van der Waals surface area contributed by atoms with Crippen LogP contribution in [0.1, 0.15) is 17.3 Å². The van der Waals surface area contributed by atoms with E-state index in [0.29, 0.717) is 48.7 Å². The number of benzene rings is 2. The summed E-state index contributed by atoms with van der Waals surface area (Å²) in [5, 5.41) is 15.6. The second kappa shape index (κ2) is 11.7. The van der Waals surface area contributed by atoms with Crippen LogP contribution < -0.4 is 5.32 Å². The standard InChI is InChI=1S/C24H19Cl3N4O3S2/c1-3-31-21(14-6-9-17(26)18(27)10-14)29-30-24(31)36-12-19(32)28-22-20(23(33)34-2)16(11-35-22)13-4-7-15(25)8-5-13/h4-11H,3,12H2,1-2H3,(H,28,32). The lowest BCUT2D eigenvalue weighted by atomic mass is 10.0. The molecule has 36 heavy (non-hydrogen) atoms. The van der Waals surface area contributed by atoms with Gasteiger partial charge in [0.2, 0.25) is 5.91 Å². The number of carbonyl (C=O) groups is 2. The minimum absolute atomic E-state index is 0.0638. The molecule has 0 unspecified atom stereocenters. The van der Waals surface area contributed by atoms with Crippen LogP contribution >= 0.6 is 57.9 Å². The number of nitrogens with one attached hydrogen (secondary N) is 1. The van der Waals surface area contributed by atoms with Gasteiger partial charge in [-0.1, -0.05) is 58.7 Å². The summed E-state index contributed by atoms with van der Waals surface area (Å²) in [6.45, 7) is 2.55. The average Bonchev–Trinajstić information content (AvgIpc) is 3.48. The molecule has 0 spiro atoms. The Bertz CT molecular complexity index is 1420. The number of esters is 1. The highest BCUT2D eigenvalue weighted by Gasteiger charge is 2.23. The molecule has 0 bridgehead atoms. The molecular weight excluding hydrogens is 563 g/mol. The number of thiophene rings is 1. The molecule has 1 amide bonds. The van der Waals surface area contributed by atoms with Crippen molar-refractivity contribution in [3.05, 3.63) is 68.5 Å². The van der Waals surface area contributed by atoms with Crippen LogP contribution in [0.15, 0.2) is 53.0 Å². The summed E-state index contributed by atoms with van der Waals surface area (Å²) in [6, 6.07) is 12.3. The maximum absolute atomic E-state index is 12.8. The normalized spacial score (nSPS) is 10.9. The van der Waals surface area contributed by atoms with E-state index in [-0.39, 0.29) is 11.7 Å². The van der Waals surface area contributed by atoms with Gasteiger partial charge in [-0.2, -0.15) is 0 Å². The number of aromatic nitrogens is 3. The number of rotatable bonds is 8. The molecule has 0 saturated heterocycles. The highest BCUT2D eigenvalue weighted by atomic mass is 35.5. The van der Waals surface area contributed by atoms with E-state index in [4.69, 9.17) is 39.5 Å². The lowest BCUT2D eigenvalue weighted by molar-refractivity contribution is -0.113. The van der Waals surface area contributed by atoms with E-state index in [9.17, 15) is 9.59 Å². The fourth-order valence-corrected chi connectivity index (χ4v) is 5.62. The Hall–Kier alpha value is -2.56. The Kier molecular flexibility index (Phi) is 8.58. The second-order valence-electron chi connectivity index (χ2n) is 7.37. The average molecular weight is 582 g/mol. The molecule has 0 aliphatic heterocycles. The van der Waals surface area contributed by atoms with Gasteiger partial charge in [0, 0.05) is 28.1 Å². The van der Waals surface area contributed by atoms with E-state index >= 15 is 0 Å². The number of carbonyl (C=O) groups excluding carboxylic acids is 2. The molecule has 2 aromatic carbocycles. The molecule has 0 atom stereocenters. The van der Waals surface area contributed by atoms with Crippen molar-refractivity contribution in [2.24, 2.45) is 0 Å². The number of amides is 1. The van der Waals surface area contributed by atoms with Crippen LogP contribution in [0.4, 0.5) is 5.00 Å². The highest BCUT2D eigenvalue weighted by Crippen LogP contribution is 2.37. The summed E-state index contributed by atoms with van der Waals surface area (Å²) >= 11 is 20.7. The Labute approximate surface area is 230 Å². The first-order valence-electron chi connectivity index (χ1n) is 10.6. The fourth-order valence-electron chi connectivity index (χ4n) is 3.42. The van der Waals surface area contributed by atoms with E-state index in [0.717, 1.165) is 11.1 Å². The zero-order valence-corrected chi connectivity index (χ0v) is 23.0. The molecule has 0 fully saturated rings. The van der Waals surface area contributed by atoms with E-state index < -0.39 is 5.97 Å². The van der Waals surface area contributed by atoms with Crippen LogP contribution in [0, 0.1) is 0 Å². The summed E-state index contributed by atoms with van der Waals surface area (Å²) in [5.74, 6) is -0.149. The maximum atomic E-state index is 12.8. The van der Waals surface area contributed by atoms with E-state index in [2.05, 4.69) is 15.5 Å². The van der Waals surface area contributed by atoms with E-state index in [1.165, 1.54) is 30.2 Å². The van der Waals surface area contributed by atoms with Gasteiger partial charge in [0.1, 0.15) is 10.6 Å². The second-order valence-corrected chi connectivity index (χ2v) is 10.4. The molecule has 2 heterocycles. The van der Waals surface area contributed by atoms with Crippen LogP contribution in [-0.2, 0) is 16.1 Å². The third kappa shape index (κ3) is 5.71. The smallest absolute Gasteiger partial charge is 0.341 e. The van der Waals surface area contributed by atoms with Gasteiger partial charge in [0.25, 0.3) is 0 Å². The number of hydrogen-bond acceptors (Lipinski definition) is 7. The van der Waals surface area contributed by atoms with Crippen LogP contribution in [-0.4, -0.2) is 39.5 Å². The van der Waals surface area contributed by atoms with Gasteiger partial charge in [0.15, 0.2) is 11.0 Å². The first-order valence-corrected chi connectivity index (χ1v) is 13.6. The molecule has 0 saturated carbocycles. The minimum atomic E-state index is -0.541. The number of halogens is 3. The van der Waals surface area contributed by atoms with Crippen molar-refractivity contribution >= 4 is 74.8 Å². The summed E-state index contributed by atoms with van der Waals surface area (Å²) in [6.07, 6.45) is 0. The highest BCUT2D eigenvalue weighted by molar-refractivity contribution is 7.99. The third-order valence-corrected chi connectivity index (χ3v) is 7.99. The molecule has 0 aliphatic carbocycles. The van der Waals surface area contributed by atoms with Crippen molar-refractivity contribution in [3.8, 4) is 22.5 Å². The fraction of sp³-hybridized carbons (Fsp3) is 0.167. The van der Waals surface area contributed by atoms with E-state index in [1.807, 2.05) is 17.6 Å². The SMILES string of the molecule is CCn1c(SCC(=O)Nc2scc(-c3ccc(Cl)cc3)c2C(=O)OC)nnc1-c1ccc(Cl)c(Cl)c1. The van der Waals surface area contributed by atoms with Crippen LogP contribution in [0.2, 0.25) is 15.1 Å². The topological polar surface area (TPSA) is 86.1 Å². The largest absolute Gasteiger partial charge is 0.465 e. The van der Waals surface area contributed by atoms with Gasteiger partial charge in [-0.05, 0) is 42.8 Å². The summed E-state index contributed by atoms with van der Waals surface area (Å²) < 4.78 is 6.86. The molecule has 1 N–H and O–H groups in total. The van der Waals surface area contributed by atoms with Gasteiger partial charge < -0.3 is 14.6 Å². The predicted octanol–water partition coefficient (Wildman–Crippen LogP) is 7.17. The molecule has 7 nitrogen and oxygen atoms in total. The molecule has 2 aromatic heterocycles. The summed E-state index contributed by atoms with van der Waals surface area (Å²) in [7, 11) is 1.30. The summed E-state index contributed by atoms with van der Waals surface area (Å²) in [4.78, 5) is 25.4. The Balaban J connectivity index is 1.51. The Morgan fingerprint density at radius 1 is 1.06 bits per heavy atom. The van der Waals surface area contributed by atoms with E-state index in [1.54, 1.807) is 41.8 Å². The van der Waals surface area contributed by atoms with Crippen molar-refractivity contribution in [2.45, 2.75) is 18.6 Å². The van der Waals surface area contributed by atoms with Gasteiger partial charge >= 0.3 is 5.97 Å². The molecule has 186 valence electrons. The lowest BCUT2D eigenvalue weighted by Crippen LogP contribution is -2.16. The van der Waals surface area contributed by atoms with Crippen molar-refractivity contribution in [2.75, 3.05) is 18.2 Å².